The number of para-hydroxylation sites is 1. The lowest BCUT2D eigenvalue weighted by Crippen LogP contribution is -2.49. The summed E-state index contributed by atoms with van der Waals surface area (Å²) in [5, 5.41) is 0.971. The number of amides is 1. The number of rotatable bonds is 6. The average Bonchev–Trinajstić information content (AvgIpc) is 3.30. The smallest absolute Gasteiger partial charge is 0.247 e. The van der Waals surface area contributed by atoms with Gasteiger partial charge in [-0.25, -0.2) is 0 Å². The molecule has 1 amide bonds. The fourth-order valence-electron chi connectivity index (χ4n) is 5.96. The van der Waals surface area contributed by atoms with Crippen LogP contribution in [0.15, 0.2) is 53.2 Å². The Hall–Kier alpha value is -3.21. The third-order valence-corrected chi connectivity index (χ3v) is 7.66. The Labute approximate surface area is 207 Å². The number of carbonyl (C=O) groups excluding carboxylic acids is 1. The van der Waals surface area contributed by atoms with Crippen LogP contribution in [0.25, 0.3) is 27.7 Å². The number of benzene rings is 2. The van der Waals surface area contributed by atoms with Crippen molar-refractivity contribution in [3.63, 3.8) is 0 Å². The molecule has 3 aromatic rings. The van der Waals surface area contributed by atoms with Gasteiger partial charge in [0.15, 0.2) is 0 Å². The fourth-order valence-corrected chi connectivity index (χ4v) is 5.96. The second-order valence-electron chi connectivity index (χ2n) is 9.74. The summed E-state index contributed by atoms with van der Waals surface area (Å²) in [5.74, 6) is 2.32. The highest BCUT2D eigenvalue weighted by Gasteiger charge is 2.35. The number of ether oxygens (including phenoxy) is 2. The lowest BCUT2D eigenvalue weighted by atomic mass is 9.78. The van der Waals surface area contributed by atoms with E-state index in [9.17, 15) is 4.79 Å². The lowest BCUT2D eigenvalue weighted by molar-refractivity contribution is -0.132. The Bertz CT molecular complexity index is 1240. The van der Waals surface area contributed by atoms with Crippen LogP contribution in [-0.4, -0.2) is 37.1 Å². The minimum Gasteiger partial charge on any atom is -0.496 e. The molecule has 1 saturated heterocycles. The van der Waals surface area contributed by atoms with Gasteiger partial charge >= 0.3 is 0 Å². The van der Waals surface area contributed by atoms with Gasteiger partial charge in [0.2, 0.25) is 5.91 Å². The number of piperidine rings is 1. The van der Waals surface area contributed by atoms with E-state index < -0.39 is 0 Å². The summed E-state index contributed by atoms with van der Waals surface area (Å²) in [5.41, 5.74) is 4.51. The molecule has 0 radical (unpaired) electrons. The van der Waals surface area contributed by atoms with Gasteiger partial charge in [-0.2, -0.15) is 0 Å². The minimum atomic E-state index is 0.124. The van der Waals surface area contributed by atoms with Crippen molar-refractivity contribution in [3.8, 4) is 22.6 Å². The van der Waals surface area contributed by atoms with E-state index in [1.54, 1.807) is 13.4 Å². The normalized spacial score (nSPS) is 20.5. The van der Waals surface area contributed by atoms with Gasteiger partial charge in [0.1, 0.15) is 17.1 Å². The average molecular weight is 474 g/mol. The van der Waals surface area contributed by atoms with Crippen LogP contribution in [0.1, 0.15) is 57.9 Å². The number of methoxy groups -OCH3 is 1. The summed E-state index contributed by atoms with van der Waals surface area (Å²) >= 11 is 0. The van der Waals surface area contributed by atoms with Crippen molar-refractivity contribution >= 4 is 22.4 Å². The number of carbonyl (C=O) groups is 1. The van der Waals surface area contributed by atoms with Gasteiger partial charge in [-0.3, -0.25) is 4.79 Å². The quantitative estimate of drug-likeness (QED) is 0.359. The molecule has 1 aliphatic carbocycles. The van der Waals surface area contributed by atoms with E-state index in [2.05, 4.69) is 11.0 Å². The molecule has 2 unspecified atom stereocenters. The van der Waals surface area contributed by atoms with Gasteiger partial charge in [0.25, 0.3) is 0 Å². The van der Waals surface area contributed by atoms with Crippen molar-refractivity contribution in [2.45, 2.75) is 58.4 Å². The van der Waals surface area contributed by atoms with E-state index in [-0.39, 0.29) is 5.91 Å². The number of allylic oxidation sites excluding steroid dienone is 1. The van der Waals surface area contributed by atoms with Crippen molar-refractivity contribution < 1.29 is 18.7 Å². The number of furan rings is 1. The molecule has 5 heteroatoms. The SMILES string of the molecule is CCOc1cc2occ(-c3ccccc3OC)c2cc1/C(C)=C/C(=O)N1CCCC2CCCCC21. The molecular formula is C30H35NO4. The molecule has 184 valence electrons. The van der Waals surface area contributed by atoms with Crippen molar-refractivity contribution in [2.75, 3.05) is 20.3 Å². The molecule has 1 saturated carbocycles. The molecule has 1 aliphatic heterocycles. The first-order valence-electron chi connectivity index (χ1n) is 12.9. The number of fused-ring (bicyclic) bond motifs is 2. The van der Waals surface area contributed by atoms with Gasteiger partial charge in [-0.1, -0.05) is 31.0 Å². The third-order valence-electron chi connectivity index (χ3n) is 7.66. The molecule has 2 heterocycles. The number of hydrogen-bond acceptors (Lipinski definition) is 4. The second kappa shape index (κ2) is 10.2. The Morgan fingerprint density at radius 3 is 2.71 bits per heavy atom. The fraction of sp³-hybridized carbons (Fsp3) is 0.433. The third kappa shape index (κ3) is 4.56. The first-order chi connectivity index (χ1) is 17.1. The molecule has 2 fully saturated rings. The number of hydrogen-bond donors (Lipinski definition) is 0. The van der Waals surface area contributed by atoms with Crippen LogP contribution in [0, 0.1) is 5.92 Å². The summed E-state index contributed by atoms with van der Waals surface area (Å²) < 4.78 is 17.5. The molecule has 5 nitrogen and oxygen atoms in total. The highest BCUT2D eigenvalue weighted by molar-refractivity contribution is 6.01. The summed E-state index contributed by atoms with van der Waals surface area (Å²) in [6.45, 7) is 5.38. The standard InChI is InChI=1S/C30H35NO4/c1-4-34-28-18-29-24(25(19-35-29)22-12-6-8-14-27(22)33-3)17-23(28)20(2)16-30(32)31-15-9-11-21-10-5-7-13-26(21)31/h6,8,12,14,16-19,21,26H,4-5,7,9-11,13,15H2,1-3H3/b20-16+. The summed E-state index contributed by atoms with van der Waals surface area (Å²) in [6.07, 6.45) is 10.9. The van der Waals surface area contributed by atoms with Crippen molar-refractivity contribution in [2.24, 2.45) is 5.92 Å². The maximum Gasteiger partial charge on any atom is 0.247 e. The molecule has 0 bridgehead atoms. The van der Waals surface area contributed by atoms with Gasteiger partial charge in [0.05, 0.1) is 20.0 Å². The molecule has 5 rings (SSSR count). The molecule has 2 atom stereocenters. The van der Waals surface area contributed by atoms with E-state index in [0.29, 0.717) is 18.6 Å². The largest absolute Gasteiger partial charge is 0.496 e. The van der Waals surface area contributed by atoms with E-state index >= 15 is 0 Å². The number of likely N-dealkylation sites (tertiary alicyclic amines) is 1. The van der Waals surface area contributed by atoms with Crippen molar-refractivity contribution in [1.29, 1.82) is 0 Å². The summed E-state index contributed by atoms with van der Waals surface area (Å²) in [6, 6.07) is 12.4. The van der Waals surface area contributed by atoms with E-state index in [0.717, 1.165) is 64.1 Å². The summed E-state index contributed by atoms with van der Waals surface area (Å²) in [4.78, 5) is 15.6. The molecule has 0 spiro atoms. The zero-order chi connectivity index (χ0) is 24.4. The van der Waals surface area contributed by atoms with Crippen LogP contribution in [0.2, 0.25) is 0 Å². The van der Waals surface area contributed by atoms with Crippen molar-refractivity contribution in [3.05, 3.63) is 54.3 Å². The first kappa shape index (κ1) is 23.5. The van der Waals surface area contributed by atoms with Crippen LogP contribution in [-0.2, 0) is 4.79 Å². The molecule has 35 heavy (non-hydrogen) atoms. The van der Waals surface area contributed by atoms with Gasteiger partial charge < -0.3 is 18.8 Å². The molecular weight excluding hydrogens is 438 g/mol. The molecule has 1 aromatic heterocycles. The monoisotopic (exact) mass is 473 g/mol. The maximum absolute atomic E-state index is 13.5. The Morgan fingerprint density at radius 1 is 1.09 bits per heavy atom. The lowest BCUT2D eigenvalue weighted by Gasteiger charge is -2.43. The second-order valence-corrected chi connectivity index (χ2v) is 9.74. The predicted molar refractivity (Wildman–Crippen MR) is 140 cm³/mol. The zero-order valence-electron chi connectivity index (χ0n) is 21.0. The number of nitrogens with zero attached hydrogens (tertiary/aromatic N) is 1. The van der Waals surface area contributed by atoms with Crippen LogP contribution < -0.4 is 9.47 Å². The van der Waals surface area contributed by atoms with Crippen LogP contribution in [0.4, 0.5) is 0 Å². The Morgan fingerprint density at radius 2 is 1.89 bits per heavy atom. The molecule has 2 aromatic carbocycles. The van der Waals surface area contributed by atoms with Gasteiger partial charge in [-0.05, 0) is 63.2 Å². The molecule has 0 N–H and O–H groups in total. The highest BCUT2D eigenvalue weighted by atomic mass is 16.5. The highest BCUT2D eigenvalue weighted by Crippen LogP contribution is 2.41. The molecule has 2 aliphatic rings. The first-order valence-corrected chi connectivity index (χ1v) is 12.9. The van der Waals surface area contributed by atoms with Gasteiger partial charge in [-0.15, -0.1) is 0 Å². The Balaban J connectivity index is 1.53. The predicted octanol–water partition coefficient (Wildman–Crippen LogP) is 7.09. The van der Waals surface area contributed by atoms with Crippen LogP contribution in [0.3, 0.4) is 0 Å². The zero-order valence-corrected chi connectivity index (χ0v) is 21.0. The van der Waals surface area contributed by atoms with Crippen LogP contribution >= 0.6 is 0 Å². The minimum absolute atomic E-state index is 0.124. The maximum atomic E-state index is 13.5. The van der Waals surface area contributed by atoms with E-state index in [1.165, 1.54) is 25.7 Å². The van der Waals surface area contributed by atoms with E-state index in [1.807, 2.05) is 50.3 Å². The van der Waals surface area contributed by atoms with E-state index in [4.69, 9.17) is 13.9 Å². The Kier molecular flexibility index (Phi) is 6.85. The summed E-state index contributed by atoms with van der Waals surface area (Å²) in [7, 11) is 1.68. The van der Waals surface area contributed by atoms with Crippen molar-refractivity contribution in [1.82, 2.24) is 4.90 Å². The van der Waals surface area contributed by atoms with Gasteiger partial charge in [0, 0.05) is 46.8 Å². The topological polar surface area (TPSA) is 51.9 Å². The van der Waals surface area contributed by atoms with Crippen LogP contribution in [0.5, 0.6) is 11.5 Å².